The lowest BCUT2D eigenvalue weighted by atomic mass is 9.80. The summed E-state index contributed by atoms with van der Waals surface area (Å²) in [5, 5.41) is 3.72. The van der Waals surface area contributed by atoms with Crippen LogP contribution in [0.1, 0.15) is 52.0 Å². The number of ether oxygens (including phenoxy) is 1. The summed E-state index contributed by atoms with van der Waals surface area (Å²) in [6, 6.07) is 9.20. The Kier molecular flexibility index (Phi) is 5.90. The molecule has 112 valence electrons. The van der Waals surface area contributed by atoms with Crippen LogP contribution in [-0.4, -0.2) is 12.6 Å². The minimum atomic E-state index is 0.685. The first-order valence-corrected chi connectivity index (χ1v) is 8.12. The summed E-state index contributed by atoms with van der Waals surface area (Å²) in [6.07, 6.45) is 5.09. The Hall–Kier alpha value is -1.02. The fourth-order valence-electron chi connectivity index (χ4n) is 3.30. The van der Waals surface area contributed by atoms with Crippen molar-refractivity contribution in [3.63, 3.8) is 0 Å². The van der Waals surface area contributed by atoms with Crippen molar-refractivity contribution >= 4 is 0 Å². The summed E-state index contributed by atoms with van der Waals surface area (Å²) in [6.45, 7) is 8.66. The largest absolute Gasteiger partial charge is 0.494 e. The molecule has 20 heavy (non-hydrogen) atoms. The van der Waals surface area contributed by atoms with E-state index >= 15 is 0 Å². The van der Waals surface area contributed by atoms with E-state index in [-0.39, 0.29) is 0 Å². The smallest absolute Gasteiger partial charge is 0.119 e. The average Bonchev–Trinajstić information content (AvgIpc) is 2.43. The molecule has 0 spiro atoms. The van der Waals surface area contributed by atoms with E-state index in [1.807, 2.05) is 0 Å². The van der Waals surface area contributed by atoms with Crippen molar-refractivity contribution in [2.75, 3.05) is 6.61 Å². The summed E-state index contributed by atoms with van der Waals surface area (Å²) < 4.78 is 5.61. The quantitative estimate of drug-likeness (QED) is 0.831. The minimum Gasteiger partial charge on any atom is -0.494 e. The molecule has 2 nitrogen and oxygen atoms in total. The van der Waals surface area contributed by atoms with Crippen molar-refractivity contribution in [2.45, 2.75) is 59.0 Å². The molecule has 1 aliphatic carbocycles. The second kappa shape index (κ2) is 7.68. The zero-order chi connectivity index (χ0) is 14.4. The van der Waals surface area contributed by atoms with Gasteiger partial charge in [-0.2, -0.15) is 0 Å². The number of hydrogen-bond donors (Lipinski definition) is 1. The number of rotatable bonds is 6. The maximum atomic E-state index is 5.61. The second-order valence-corrected chi connectivity index (χ2v) is 6.49. The lowest BCUT2D eigenvalue weighted by Gasteiger charge is -2.32. The Morgan fingerprint density at radius 2 is 1.70 bits per heavy atom. The van der Waals surface area contributed by atoms with Crippen LogP contribution in [0.4, 0.5) is 0 Å². The van der Waals surface area contributed by atoms with Crippen LogP contribution < -0.4 is 10.1 Å². The average molecular weight is 275 g/mol. The molecule has 0 heterocycles. The molecule has 0 saturated heterocycles. The maximum Gasteiger partial charge on any atom is 0.119 e. The summed E-state index contributed by atoms with van der Waals surface area (Å²) in [5.41, 5.74) is 1.35. The molecule has 2 unspecified atom stereocenters. The second-order valence-electron chi connectivity index (χ2n) is 6.49. The van der Waals surface area contributed by atoms with Gasteiger partial charge in [0.05, 0.1) is 6.61 Å². The molecular weight excluding hydrogens is 246 g/mol. The topological polar surface area (TPSA) is 21.3 Å². The van der Waals surface area contributed by atoms with E-state index in [1.165, 1.54) is 24.8 Å². The first-order chi connectivity index (χ1) is 9.67. The SMILES string of the molecule is CCCOc1ccc(CNC2CC(C)CC(C)C2)cc1. The highest BCUT2D eigenvalue weighted by molar-refractivity contribution is 5.27. The van der Waals surface area contributed by atoms with E-state index in [0.29, 0.717) is 6.04 Å². The molecule has 1 aromatic rings. The summed E-state index contributed by atoms with van der Waals surface area (Å²) in [5.74, 6) is 2.71. The Morgan fingerprint density at radius 3 is 2.30 bits per heavy atom. The molecule has 0 bridgehead atoms. The van der Waals surface area contributed by atoms with E-state index in [0.717, 1.165) is 37.2 Å². The fourth-order valence-corrected chi connectivity index (χ4v) is 3.30. The van der Waals surface area contributed by atoms with Gasteiger partial charge in [-0.1, -0.05) is 32.9 Å². The van der Waals surface area contributed by atoms with E-state index in [2.05, 4.69) is 50.4 Å². The predicted octanol–water partition coefficient (Wildman–Crippen LogP) is 4.39. The van der Waals surface area contributed by atoms with Crippen LogP contribution in [0.3, 0.4) is 0 Å². The van der Waals surface area contributed by atoms with E-state index in [9.17, 15) is 0 Å². The van der Waals surface area contributed by atoms with Gasteiger partial charge >= 0.3 is 0 Å². The molecule has 1 aromatic carbocycles. The van der Waals surface area contributed by atoms with Gasteiger partial charge in [0.2, 0.25) is 0 Å². The highest BCUT2D eigenvalue weighted by Crippen LogP contribution is 2.28. The van der Waals surface area contributed by atoms with Crippen LogP contribution in [0.2, 0.25) is 0 Å². The molecular formula is C18H29NO. The molecule has 0 amide bonds. The van der Waals surface area contributed by atoms with Gasteiger partial charge in [0.15, 0.2) is 0 Å². The van der Waals surface area contributed by atoms with E-state index in [1.54, 1.807) is 0 Å². The van der Waals surface area contributed by atoms with Gasteiger partial charge in [0.25, 0.3) is 0 Å². The minimum absolute atomic E-state index is 0.685. The molecule has 2 heteroatoms. The molecule has 1 N–H and O–H groups in total. The van der Waals surface area contributed by atoms with Crippen molar-refractivity contribution in [1.29, 1.82) is 0 Å². The zero-order valence-electron chi connectivity index (χ0n) is 13.2. The first kappa shape index (κ1) is 15.4. The lowest BCUT2D eigenvalue weighted by molar-refractivity contribution is 0.238. The van der Waals surface area contributed by atoms with Crippen molar-refractivity contribution < 1.29 is 4.74 Å². The van der Waals surface area contributed by atoms with Crippen molar-refractivity contribution in [1.82, 2.24) is 5.32 Å². The summed E-state index contributed by atoms with van der Waals surface area (Å²) >= 11 is 0. The summed E-state index contributed by atoms with van der Waals surface area (Å²) in [7, 11) is 0. The maximum absolute atomic E-state index is 5.61. The number of hydrogen-bond acceptors (Lipinski definition) is 2. The van der Waals surface area contributed by atoms with Crippen LogP contribution in [0.15, 0.2) is 24.3 Å². The molecule has 0 aromatic heterocycles. The van der Waals surface area contributed by atoms with Crippen LogP contribution in [-0.2, 0) is 6.54 Å². The third-order valence-corrected chi connectivity index (χ3v) is 4.17. The van der Waals surface area contributed by atoms with Gasteiger partial charge in [-0.3, -0.25) is 0 Å². The van der Waals surface area contributed by atoms with Gasteiger partial charge in [-0.05, 0) is 55.2 Å². The molecule has 1 aliphatic rings. The van der Waals surface area contributed by atoms with Gasteiger partial charge in [0, 0.05) is 12.6 Å². The van der Waals surface area contributed by atoms with Gasteiger partial charge < -0.3 is 10.1 Å². The highest BCUT2D eigenvalue weighted by atomic mass is 16.5. The lowest BCUT2D eigenvalue weighted by Crippen LogP contribution is -2.35. The van der Waals surface area contributed by atoms with E-state index in [4.69, 9.17) is 4.74 Å². The summed E-state index contributed by atoms with van der Waals surface area (Å²) in [4.78, 5) is 0. The Morgan fingerprint density at radius 1 is 1.05 bits per heavy atom. The molecule has 2 atom stereocenters. The van der Waals surface area contributed by atoms with E-state index < -0.39 is 0 Å². The van der Waals surface area contributed by atoms with Crippen molar-refractivity contribution in [3.05, 3.63) is 29.8 Å². The fraction of sp³-hybridized carbons (Fsp3) is 0.667. The normalized spacial score (nSPS) is 26.4. The van der Waals surface area contributed by atoms with Gasteiger partial charge in [-0.15, -0.1) is 0 Å². The van der Waals surface area contributed by atoms with Gasteiger partial charge in [0.1, 0.15) is 5.75 Å². The number of nitrogens with one attached hydrogen (secondary N) is 1. The third kappa shape index (κ3) is 4.82. The molecule has 0 radical (unpaired) electrons. The van der Waals surface area contributed by atoms with Crippen LogP contribution in [0, 0.1) is 11.8 Å². The Bertz CT molecular complexity index is 377. The monoisotopic (exact) mass is 275 g/mol. The van der Waals surface area contributed by atoms with Crippen molar-refractivity contribution in [2.24, 2.45) is 11.8 Å². The Labute approximate surface area is 123 Å². The third-order valence-electron chi connectivity index (χ3n) is 4.17. The van der Waals surface area contributed by atoms with Crippen LogP contribution in [0.25, 0.3) is 0 Å². The molecule has 1 saturated carbocycles. The standard InChI is InChI=1S/C18H29NO/c1-4-9-20-18-7-5-16(6-8-18)13-19-17-11-14(2)10-15(3)12-17/h5-8,14-15,17,19H,4,9-13H2,1-3H3. The molecule has 0 aliphatic heterocycles. The highest BCUT2D eigenvalue weighted by Gasteiger charge is 2.23. The van der Waals surface area contributed by atoms with Crippen LogP contribution in [0.5, 0.6) is 5.75 Å². The first-order valence-electron chi connectivity index (χ1n) is 8.12. The zero-order valence-corrected chi connectivity index (χ0v) is 13.2. The molecule has 2 rings (SSSR count). The van der Waals surface area contributed by atoms with Crippen molar-refractivity contribution in [3.8, 4) is 5.75 Å². The number of benzene rings is 1. The Balaban J connectivity index is 1.78. The molecule has 1 fully saturated rings. The predicted molar refractivity (Wildman–Crippen MR) is 85.0 cm³/mol. The van der Waals surface area contributed by atoms with Crippen LogP contribution >= 0.6 is 0 Å². The van der Waals surface area contributed by atoms with Gasteiger partial charge in [-0.25, -0.2) is 0 Å².